The first kappa shape index (κ1) is 18.3. The molecule has 0 atom stereocenters. The topological polar surface area (TPSA) is 69.0 Å². The molecule has 3 rings (SSSR count). The van der Waals surface area contributed by atoms with Gasteiger partial charge in [0.05, 0.1) is 18.8 Å². The highest BCUT2D eigenvalue weighted by Crippen LogP contribution is 2.36. The molecule has 5 heteroatoms. The van der Waals surface area contributed by atoms with Crippen LogP contribution in [0.4, 0.5) is 0 Å². The molecule has 0 spiro atoms. The molecule has 0 bridgehead atoms. The Labute approximate surface area is 150 Å². The van der Waals surface area contributed by atoms with E-state index >= 15 is 0 Å². The normalized spacial score (nSPS) is 21.7. The van der Waals surface area contributed by atoms with E-state index in [9.17, 15) is 10.2 Å². The smallest absolute Gasteiger partial charge is 0.145 e. The monoisotopic (exact) mass is 345 g/mol. The molecule has 1 saturated heterocycles. The van der Waals surface area contributed by atoms with Gasteiger partial charge in [-0.1, -0.05) is 25.7 Å². The second kappa shape index (κ2) is 8.28. The number of hydrogen-bond acceptors (Lipinski definition) is 5. The van der Waals surface area contributed by atoms with E-state index in [1.165, 1.54) is 64.5 Å². The second-order valence-corrected chi connectivity index (χ2v) is 7.59. The zero-order valence-corrected chi connectivity index (χ0v) is 15.4. The summed E-state index contributed by atoms with van der Waals surface area (Å²) < 4.78 is 0. The summed E-state index contributed by atoms with van der Waals surface area (Å²) in [6.07, 6.45) is 13.7. The van der Waals surface area contributed by atoms with Gasteiger partial charge in [-0.15, -0.1) is 0 Å². The van der Waals surface area contributed by atoms with Crippen molar-refractivity contribution >= 4 is 6.21 Å². The number of nitrogens with zero attached hydrogens (tertiary/aromatic N) is 3. The van der Waals surface area contributed by atoms with E-state index in [0.29, 0.717) is 16.8 Å². The number of aliphatic hydroxyl groups is 1. The van der Waals surface area contributed by atoms with Crippen LogP contribution in [0, 0.1) is 6.92 Å². The summed E-state index contributed by atoms with van der Waals surface area (Å²) >= 11 is 0. The molecule has 2 N–H and O–H groups in total. The Morgan fingerprint density at radius 2 is 1.84 bits per heavy atom. The third-order valence-electron chi connectivity index (χ3n) is 5.95. The van der Waals surface area contributed by atoms with Crippen molar-refractivity contribution in [1.82, 2.24) is 9.88 Å². The minimum absolute atomic E-state index is 0.131. The fourth-order valence-electron chi connectivity index (χ4n) is 4.38. The lowest BCUT2D eigenvalue weighted by atomic mass is 9.79. The summed E-state index contributed by atoms with van der Waals surface area (Å²) in [6.45, 7) is 4.79. The van der Waals surface area contributed by atoms with Crippen molar-refractivity contribution < 1.29 is 10.2 Å². The summed E-state index contributed by atoms with van der Waals surface area (Å²) in [5.74, 6) is 0.131. The summed E-state index contributed by atoms with van der Waals surface area (Å²) in [5, 5.41) is 19.8. The van der Waals surface area contributed by atoms with Gasteiger partial charge >= 0.3 is 0 Å². The zero-order valence-electron chi connectivity index (χ0n) is 15.4. The quantitative estimate of drug-likeness (QED) is 0.804. The van der Waals surface area contributed by atoms with Crippen molar-refractivity contribution in [3.63, 3.8) is 0 Å². The van der Waals surface area contributed by atoms with Crippen molar-refractivity contribution in [2.45, 2.75) is 70.4 Å². The van der Waals surface area contributed by atoms with E-state index in [1.54, 1.807) is 19.3 Å². The fraction of sp³-hybridized carbons (Fsp3) is 0.700. The van der Waals surface area contributed by atoms with Crippen molar-refractivity contribution in [3.05, 3.63) is 23.0 Å². The molecule has 2 aliphatic rings. The molecule has 0 radical (unpaired) electrons. The number of likely N-dealkylation sites (tertiary alicyclic amines) is 1. The van der Waals surface area contributed by atoms with Crippen LogP contribution in [0.2, 0.25) is 0 Å². The predicted octanol–water partition coefficient (Wildman–Crippen LogP) is 3.20. The van der Waals surface area contributed by atoms with Crippen LogP contribution in [0.25, 0.3) is 0 Å². The third kappa shape index (κ3) is 4.04. The average molecular weight is 345 g/mol. The Morgan fingerprint density at radius 3 is 2.52 bits per heavy atom. The Kier molecular flexibility index (Phi) is 6.07. The molecule has 2 heterocycles. The van der Waals surface area contributed by atoms with Gasteiger partial charge in [0.2, 0.25) is 0 Å². The number of pyridine rings is 1. The molecule has 2 fully saturated rings. The van der Waals surface area contributed by atoms with Crippen LogP contribution in [0.1, 0.15) is 68.2 Å². The van der Waals surface area contributed by atoms with Gasteiger partial charge in [-0.05, 0) is 45.7 Å². The highest BCUT2D eigenvalue weighted by Gasteiger charge is 2.38. The second-order valence-electron chi connectivity index (χ2n) is 7.59. The van der Waals surface area contributed by atoms with Crippen molar-refractivity contribution in [1.29, 1.82) is 0 Å². The molecule has 0 aromatic carbocycles. The number of aliphatic imine (C=N–C) groups is 1. The number of aromatic nitrogens is 1. The number of rotatable bonds is 5. The third-order valence-corrected chi connectivity index (χ3v) is 5.95. The van der Waals surface area contributed by atoms with Gasteiger partial charge in [-0.25, -0.2) is 0 Å². The Bertz CT molecular complexity index is 603. The molecule has 1 aliphatic carbocycles. The van der Waals surface area contributed by atoms with Crippen molar-refractivity contribution in [2.75, 3.05) is 19.6 Å². The number of aryl methyl sites for hydroxylation is 1. The van der Waals surface area contributed by atoms with Crippen LogP contribution >= 0.6 is 0 Å². The number of hydrogen-bond donors (Lipinski definition) is 2. The lowest BCUT2D eigenvalue weighted by molar-refractivity contribution is 0.0409. The van der Waals surface area contributed by atoms with Gasteiger partial charge in [-0.2, -0.15) is 0 Å². The molecular formula is C20H31N3O2. The molecule has 0 unspecified atom stereocenters. The molecule has 138 valence electrons. The molecule has 25 heavy (non-hydrogen) atoms. The van der Waals surface area contributed by atoms with E-state index in [1.807, 2.05) is 0 Å². The van der Waals surface area contributed by atoms with E-state index < -0.39 is 0 Å². The summed E-state index contributed by atoms with van der Waals surface area (Å²) in [4.78, 5) is 11.6. The van der Waals surface area contributed by atoms with Gasteiger partial charge < -0.3 is 10.2 Å². The summed E-state index contributed by atoms with van der Waals surface area (Å²) in [6, 6.07) is 0. The largest absolute Gasteiger partial charge is 0.505 e. The highest BCUT2D eigenvalue weighted by molar-refractivity contribution is 5.85. The molecule has 1 aliphatic heterocycles. The average Bonchev–Trinajstić information content (AvgIpc) is 2.67. The van der Waals surface area contributed by atoms with E-state index in [-0.39, 0.29) is 17.9 Å². The molecule has 0 amide bonds. The van der Waals surface area contributed by atoms with Gasteiger partial charge in [0.25, 0.3) is 0 Å². The maximum Gasteiger partial charge on any atom is 0.145 e. The van der Waals surface area contributed by atoms with Crippen LogP contribution < -0.4 is 0 Å². The number of aliphatic hydroxyl groups excluding tert-OH is 1. The van der Waals surface area contributed by atoms with Crippen LogP contribution in [-0.2, 0) is 6.61 Å². The first-order valence-electron chi connectivity index (χ1n) is 9.69. The fourth-order valence-corrected chi connectivity index (χ4v) is 4.38. The Balaban J connectivity index is 1.79. The van der Waals surface area contributed by atoms with Crippen molar-refractivity contribution in [2.24, 2.45) is 4.99 Å². The molecule has 1 aromatic rings. The standard InChI is InChI=1S/C20H31N3O2/c1-16-19(25)18(17(14-24)12-22-16)13-21-15-20(8-4-2-5-9-20)23-10-6-3-7-11-23/h12-13,24-25H,2-11,14-15H2,1H3. The number of piperidine rings is 1. The van der Waals surface area contributed by atoms with E-state index in [0.717, 1.165) is 6.54 Å². The van der Waals surface area contributed by atoms with E-state index in [4.69, 9.17) is 4.99 Å². The molecule has 1 saturated carbocycles. The van der Waals surface area contributed by atoms with Crippen LogP contribution in [0.15, 0.2) is 11.2 Å². The lowest BCUT2D eigenvalue weighted by Gasteiger charge is -2.47. The van der Waals surface area contributed by atoms with Crippen LogP contribution in [0.3, 0.4) is 0 Å². The maximum atomic E-state index is 10.3. The molecular weight excluding hydrogens is 314 g/mol. The zero-order chi connectivity index (χ0) is 17.7. The van der Waals surface area contributed by atoms with Crippen molar-refractivity contribution in [3.8, 4) is 5.75 Å². The van der Waals surface area contributed by atoms with Gasteiger partial charge in [-0.3, -0.25) is 14.9 Å². The summed E-state index contributed by atoms with van der Waals surface area (Å²) in [5.41, 5.74) is 2.00. The minimum Gasteiger partial charge on any atom is -0.505 e. The van der Waals surface area contributed by atoms with Crippen LogP contribution in [-0.4, -0.2) is 51.5 Å². The van der Waals surface area contributed by atoms with Gasteiger partial charge in [0.15, 0.2) is 0 Å². The van der Waals surface area contributed by atoms with Gasteiger partial charge in [0, 0.05) is 29.1 Å². The van der Waals surface area contributed by atoms with E-state index in [2.05, 4.69) is 9.88 Å². The highest BCUT2D eigenvalue weighted by atomic mass is 16.3. The van der Waals surface area contributed by atoms with Gasteiger partial charge in [0.1, 0.15) is 5.75 Å². The molecule has 5 nitrogen and oxygen atoms in total. The summed E-state index contributed by atoms with van der Waals surface area (Å²) in [7, 11) is 0. The van der Waals surface area contributed by atoms with Crippen LogP contribution in [0.5, 0.6) is 5.75 Å². The number of aromatic hydroxyl groups is 1. The first-order valence-corrected chi connectivity index (χ1v) is 9.69. The maximum absolute atomic E-state index is 10.3. The SMILES string of the molecule is Cc1ncc(CO)c(C=NCC2(N3CCCCC3)CCCCC2)c1O. The Hall–Kier alpha value is -1.46. The lowest BCUT2D eigenvalue weighted by Crippen LogP contribution is -2.54. The Morgan fingerprint density at radius 1 is 1.16 bits per heavy atom. The first-order chi connectivity index (χ1) is 12.2. The molecule has 1 aromatic heterocycles. The minimum atomic E-state index is -0.139. The predicted molar refractivity (Wildman–Crippen MR) is 100 cm³/mol.